The Balaban J connectivity index is 2.62. The molecule has 0 saturated carbocycles. The van der Waals surface area contributed by atoms with Gasteiger partial charge in [0.2, 0.25) is 5.91 Å². The van der Waals surface area contributed by atoms with Crippen LogP contribution in [0.2, 0.25) is 0 Å². The summed E-state index contributed by atoms with van der Waals surface area (Å²) in [6, 6.07) is 8.06. The fraction of sp³-hybridized carbons (Fsp3) is 0.467. The molecule has 1 amide bonds. The number of rotatable bonds is 6. The van der Waals surface area contributed by atoms with Crippen LogP contribution in [0.15, 0.2) is 29.4 Å². The first-order valence-electron chi connectivity index (χ1n) is 6.76. The first kappa shape index (κ1) is 16.0. The fourth-order valence-electron chi connectivity index (χ4n) is 1.96. The van der Waals surface area contributed by atoms with Gasteiger partial charge in [-0.25, -0.2) is 0 Å². The summed E-state index contributed by atoms with van der Waals surface area (Å²) in [4.78, 5) is 12.2. The van der Waals surface area contributed by atoms with Crippen molar-refractivity contribution in [2.75, 3.05) is 6.54 Å². The van der Waals surface area contributed by atoms with Gasteiger partial charge >= 0.3 is 0 Å². The lowest BCUT2D eigenvalue weighted by Gasteiger charge is -2.25. The molecule has 110 valence electrons. The molecular formula is C15H23N3O2. The van der Waals surface area contributed by atoms with E-state index in [0.717, 1.165) is 6.42 Å². The molecule has 20 heavy (non-hydrogen) atoms. The Morgan fingerprint density at radius 2 is 2.10 bits per heavy atom. The zero-order chi connectivity index (χ0) is 15.2. The molecule has 0 bridgehead atoms. The second-order valence-corrected chi connectivity index (χ2v) is 5.10. The third kappa shape index (κ3) is 3.50. The number of carbonyl (C=O) groups excluding carboxylic acids is 1. The number of aryl methyl sites for hydroxylation is 1. The van der Waals surface area contributed by atoms with E-state index in [4.69, 9.17) is 10.9 Å². The highest BCUT2D eigenvalue weighted by atomic mass is 16.4. The van der Waals surface area contributed by atoms with Gasteiger partial charge in [-0.1, -0.05) is 36.3 Å². The molecule has 0 fully saturated rings. The number of carbonyl (C=O) groups is 1. The molecule has 0 heterocycles. The molecule has 1 aromatic rings. The van der Waals surface area contributed by atoms with Gasteiger partial charge in [-0.2, -0.15) is 0 Å². The van der Waals surface area contributed by atoms with E-state index >= 15 is 0 Å². The van der Waals surface area contributed by atoms with Crippen molar-refractivity contribution >= 4 is 11.7 Å². The van der Waals surface area contributed by atoms with Crippen LogP contribution in [0.3, 0.4) is 0 Å². The van der Waals surface area contributed by atoms with Gasteiger partial charge in [0.1, 0.15) is 5.41 Å². The number of nitrogens with zero attached hydrogens (tertiary/aromatic N) is 1. The maximum atomic E-state index is 12.2. The predicted octanol–water partition coefficient (Wildman–Crippen LogP) is 1.82. The first-order chi connectivity index (χ1) is 9.45. The second-order valence-electron chi connectivity index (χ2n) is 5.10. The largest absolute Gasteiger partial charge is 0.409 e. The number of amidine groups is 1. The van der Waals surface area contributed by atoms with Crippen molar-refractivity contribution in [2.45, 2.75) is 33.6 Å². The fourth-order valence-corrected chi connectivity index (χ4v) is 1.96. The average molecular weight is 277 g/mol. The lowest BCUT2D eigenvalue weighted by atomic mass is 9.85. The number of amides is 1. The highest BCUT2D eigenvalue weighted by Gasteiger charge is 2.36. The van der Waals surface area contributed by atoms with Crippen molar-refractivity contribution in [2.24, 2.45) is 16.3 Å². The Labute approximate surface area is 119 Å². The van der Waals surface area contributed by atoms with Crippen molar-refractivity contribution in [3.63, 3.8) is 0 Å². The monoisotopic (exact) mass is 277 g/mol. The summed E-state index contributed by atoms with van der Waals surface area (Å²) in [5.74, 6) is -0.280. The molecule has 5 heteroatoms. The summed E-state index contributed by atoms with van der Waals surface area (Å²) in [6.45, 7) is 6.08. The molecule has 0 aliphatic heterocycles. The minimum atomic E-state index is -0.972. The number of oxime groups is 1. The summed E-state index contributed by atoms with van der Waals surface area (Å²) >= 11 is 0. The van der Waals surface area contributed by atoms with Crippen molar-refractivity contribution < 1.29 is 10.0 Å². The SMILES string of the molecule is CCC(C)(C(=O)NCCc1ccccc1C)/C(N)=N/O. The summed E-state index contributed by atoms with van der Waals surface area (Å²) < 4.78 is 0. The number of benzene rings is 1. The Kier molecular flexibility index (Phi) is 5.55. The molecule has 0 spiro atoms. The van der Waals surface area contributed by atoms with Crippen LogP contribution in [-0.2, 0) is 11.2 Å². The molecule has 1 atom stereocenters. The van der Waals surface area contributed by atoms with Crippen molar-refractivity contribution in [1.29, 1.82) is 0 Å². The van der Waals surface area contributed by atoms with Crippen molar-refractivity contribution in [3.8, 4) is 0 Å². The summed E-state index contributed by atoms with van der Waals surface area (Å²) in [6.07, 6.45) is 1.23. The van der Waals surface area contributed by atoms with Crippen molar-refractivity contribution in [1.82, 2.24) is 5.32 Å². The molecule has 4 N–H and O–H groups in total. The van der Waals surface area contributed by atoms with Gasteiger partial charge < -0.3 is 16.3 Å². The molecule has 0 radical (unpaired) electrons. The molecule has 0 saturated heterocycles. The topological polar surface area (TPSA) is 87.7 Å². The van der Waals surface area contributed by atoms with Gasteiger partial charge in [0, 0.05) is 6.54 Å². The number of hydrogen-bond donors (Lipinski definition) is 3. The van der Waals surface area contributed by atoms with Crippen LogP contribution in [0.1, 0.15) is 31.4 Å². The average Bonchev–Trinajstić information content (AvgIpc) is 2.47. The summed E-state index contributed by atoms with van der Waals surface area (Å²) in [7, 11) is 0. The Morgan fingerprint density at radius 1 is 1.45 bits per heavy atom. The van der Waals surface area contributed by atoms with Crippen molar-refractivity contribution in [3.05, 3.63) is 35.4 Å². The zero-order valence-corrected chi connectivity index (χ0v) is 12.3. The molecule has 0 aliphatic rings. The highest BCUT2D eigenvalue weighted by Crippen LogP contribution is 2.21. The highest BCUT2D eigenvalue weighted by molar-refractivity contribution is 6.06. The van der Waals surface area contributed by atoms with E-state index in [1.54, 1.807) is 6.92 Å². The van der Waals surface area contributed by atoms with Crippen LogP contribution < -0.4 is 11.1 Å². The molecular weight excluding hydrogens is 254 g/mol. The number of nitrogens with one attached hydrogen (secondary N) is 1. The maximum absolute atomic E-state index is 12.2. The van der Waals surface area contributed by atoms with Gasteiger partial charge in [0.25, 0.3) is 0 Å². The molecule has 1 unspecified atom stereocenters. The van der Waals surface area contributed by atoms with Gasteiger partial charge in [-0.15, -0.1) is 0 Å². The van der Waals surface area contributed by atoms with Crippen LogP contribution in [0.5, 0.6) is 0 Å². The van der Waals surface area contributed by atoms with Gasteiger partial charge in [0.15, 0.2) is 5.84 Å². The Bertz CT molecular complexity index is 500. The van der Waals surface area contributed by atoms with E-state index in [0.29, 0.717) is 13.0 Å². The van der Waals surface area contributed by atoms with Gasteiger partial charge in [-0.3, -0.25) is 4.79 Å². The molecule has 0 aliphatic carbocycles. The molecule has 1 rings (SSSR count). The summed E-state index contributed by atoms with van der Waals surface area (Å²) in [5.41, 5.74) is 7.05. The number of hydrogen-bond acceptors (Lipinski definition) is 3. The van der Waals surface area contributed by atoms with E-state index < -0.39 is 5.41 Å². The Hall–Kier alpha value is -2.04. The van der Waals surface area contributed by atoms with Crippen LogP contribution in [-0.4, -0.2) is 23.5 Å². The van der Waals surface area contributed by atoms with Crippen LogP contribution in [0.25, 0.3) is 0 Å². The summed E-state index contributed by atoms with van der Waals surface area (Å²) in [5, 5.41) is 14.6. The van der Waals surface area contributed by atoms with Crippen LogP contribution in [0.4, 0.5) is 0 Å². The third-order valence-corrected chi connectivity index (χ3v) is 3.82. The van der Waals surface area contributed by atoms with Gasteiger partial charge in [0.05, 0.1) is 0 Å². The van der Waals surface area contributed by atoms with E-state index in [1.807, 2.05) is 38.1 Å². The first-order valence-corrected chi connectivity index (χ1v) is 6.76. The van der Waals surface area contributed by atoms with E-state index in [9.17, 15) is 4.79 Å². The second kappa shape index (κ2) is 6.93. The predicted molar refractivity (Wildman–Crippen MR) is 79.7 cm³/mol. The normalized spacial score (nSPS) is 14.7. The third-order valence-electron chi connectivity index (χ3n) is 3.82. The van der Waals surface area contributed by atoms with Gasteiger partial charge in [-0.05, 0) is 37.8 Å². The van der Waals surface area contributed by atoms with Crippen LogP contribution >= 0.6 is 0 Å². The van der Waals surface area contributed by atoms with E-state index in [1.165, 1.54) is 11.1 Å². The van der Waals surface area contributed by atoms with Crippen LogP contribution in [0, 0.1) is 12.3 Å². The molecule has 1 aromatic carbocycles. The Morgan fingerprint density at radius 3 is 2.65 bits per heavy atom. The standard InChI is InChI=1S/C15H23N3O2/c1-4-15(3,13(16)18-20)14(19)17-10-9-12-8-6-5-7-11(12)2/h5-8,20H,4,9-10H2,1-3H3,(H2,16,18)(H,17,19). The quantitative estimate of drug-likeness (QED) is 0.321. The molecule has 5 nitrogen and oxygen atoms in total. The lowest BCUT2D eigenvalue weighted by Crippen LogP contribution is -2.48. The molecule has 0 aromatic heterocycles. The zero-order valence-electron chi connectivity index (χ0n) is 12.3. The minimum Gasteiger partial charge on any atom is -0.409 e. The maximum Gasteiger partial charge on any atom is 0.233 e. The van der Waals surface area contributed by atoms with E-state index in [-0.39, 0.29) is 11.7 Å². The minimum absolute atomic E-state index is 0.0617. The van der Waals surface area contributed by atoms with E-state index in [2.05, 4.69) is 10.5 Å². The smallest absolute Gasteiger partial charge is 0.233 e. The number of nitrogens with two attached hydrogens (primary N) is 1. The lowest BCUT2D eigenvalue weighted by molar-refractivity contribution is -0.127.